The van der Waals surface area contributed by atoms with Crippen LogP contribution in [-0.2, 0) is 28.6 Å². The normalized spacial score (nSPS) is 11.7. The molecular formula is C47H93NO6. The van der Waals surface area contributed by atoms with Crippen LogP contribution in [0.4, 0.5) is 0 Å². The smallest absolute Gasteiger partial charge is 0.306 e. The Bertz CT molecular complexity index is 783. The van der Waals surface area contributed by atoms with E-state index in [0.717, 1.165) is 103 Å². The number of hydrogen-bond donors (Lipinski definition) is 1. The van der Waals surface area contributed by atoms with Crippen molar-refractivity contribution in [2.24, 2.45) is 5.73 Å². The van der Waals surface area contributed by atoms with Crippen molar-refractivity contribution in [2.75, 3.05) is 6.54 Å². The molecule has 1 unspecified atom stereocenters. The van der Waals surface area contributed by atoms with Gasteiger partial charge in [0.05, 0.1) is 0 Å². The summed E-state index contributed by atoms with van der Waals surface area (Å²) in [5.74, 6) is -0.103. The maximum absolute atomic E-state index is 12.4. The number of carbonyl (C=O) groups excluding carboxylic acids is 3. The quantitative estimate of drug-likeness (QED) is 0.0377. The number of ether oxygens (including phenoxy) is 3. The molecule has 54 heavy (non-hydrogen) atoms. The lowest BCUT2D eigenvalue weighted by Gasteiger charge is -2.18. The van der Waals surface area contributed by atoms with Crippen molar-refractivity contribution in [3.8, 4) is 0 Å². The van der Waals surface area contributed by atoms with E-state index in [1.165, 1.54) is 96.3 Å². The Hall–Kier alpha value is -1.63. The summed E-state index contributed by atoms with van der Waals surface area (Å²) in [7, 11) is 0. The first-order valence-corrected chi connectivity index (χ1v) is 23.6. The molecular weight excluding hydrogens is 675 g/mol. The van der Waals surface area contributed by atoms with Gasteiger partial charge in [0.1, 0.15) is 18.3 Å². The van der Waals surface area contributed by atoms with Crippen LogP contribution in [0.3, 0.4) is 0 Å². The molecule has 0 aromatic carbocycles. The summed E-state index contributed by atoms with van der Waals surface area (Å²) in [6.07, 6.45) is 36.8. The molecule has 322 valence electrons. The summed E-state index contributed by atoms with van der Waals surface area (Å²) in [4.78, 5) is 36.1. The van der Waals surface area contributed by atoms with Gasteiger partial charge in [-0.2, -0.15) is 0 Å². The molecule has 0 saturated carbocycles. The predicted octanol–water partition coefficient (Wildman–Crippen LogP) is 14.0. The third kappa shape index (κ3) is 40.0. The molecule has 0 aliphatic rings. The van der Waals surface area contributed by atoms with Crippen molar-refractivity contribution in [1.82, 2.24) is 0 Å². The molecule has 0 spiro atoms. The SMILES string of the molecule is CCCCCCC(CC)OC(=O)CCCN.CCCCCCC(CCCCCC)OC(=O)CCCCCCCCC(=O)OC(CCCCC)CCCCC. The molecule has 0 fully saturated rings. The molecule has 0 radical (unpaired) electrons. The summed E-state index contributed by atoms with van der Waals surface area (Å²) < 4.78 is 17.1. The Morgan fingerprint density at radius 1 is 0.352 bits per heavy atom. The fraction of sp³-hybridized carbons (Fsp3) is 0.936. The first-order chi connectivity index (χ1) is 26.3. The van der Waals surface area contributed by atoms with E-state index >= 15 is 0 Å². The van der Waals surface area contributed by atoms with E-state index in [1.807, 2.05) is 0 Å². The van der Waals surface area contributed by atoms with Crippen LogP contribution in [0.25, 0.3) is 0 Å². The van der Waals surface area contributed by atoms with Crippen LogP contribution in [-0.4, -0.2) is 42.8 Å². The van der Waals surface area contributed by atoms with Gasteiger partial charge in [0, 0.05) is 19.3 Å². The van der Waals surface area contributed by atoms with Gasteiger partial charge in [0.15, 0.2) is 0 Å². The summed E-state index contributed by atoms with van der Waals surface area (Å²) in [6.45, 7) is 13.7. The highest BCUT2D eigenvalue weighted by Gasteiger charge is 2.16. The fourth-order valence-electron chi connectivity index (χ4n) is 6.74. The molecule has 0 aromatic heterocycles. The van der Waals surface area contributed by atoms with Gasteiger partial charge in [0.25, 0.3) is 0 Å². The maximum atomic E-state index is 12.4. The molecule has 0 bridgehead atoms. The lowest BCUT2D eigenvalue weighted by atomic mass is 10.0. The third-order valence-corrected chi connectivity index (χ3v) is 10.3. The predicted molar refractivity (Wildman–Crippen MR) is 230 cm³/mol. The Kier molecular flexibility index (Phi) is 44.5. The lowest BCUT2D eigenvalue weighted by Crippen LogP contribution is -2.18. The highest BCUT2D eigenvalue weighted by Crippen LogP contribution is 2.19. The summed E-state index contributed by atoms with van der Waals surface area (Å²) >= 11 is 0. The van der Waals surface area contributed by atoms with Gasteiger partial charge in [-0.05, 0) is 96.4 Å². The minimum atomic E-state index is -0.0900. The third-order valence-electron chi connectivity index (χ3n) is 10.3. The summed E-state index contributed by atoms with van der Waals surface area (Å²) in [5.41, 5.74) is 5.35. The first-order valence-electron chi connectivity index (χ1n) is 23.6. The van der Waals surface area contributed by atoms with Gasteiger partial charge in [-0.25, -0.2) is 0 Å². The van der Waals surface area contributed by atoms with Crippen LogP contribution < -0.4 is 5.73 Å². The molecule has 0 amide bonds. The van der Waals surface area contributed by atoms with Crippen molar-refractivity contribution in [2.45, 2.75) is 278 Å². The van der Waals surface area contributed by atoms with Crippen molar-refractivity contribution in [3.63, 3.8) is 0 Å². The molecule has 0 aromatic rings. The van der Waals surface area contributed by atoms with Gasteiger partial charge in [-0.1, -0.05) is 151 Å². The van der Waals surface area contributed by atoms with E-state index in [9.17, 15) is 14.4 Å². The monoisotopic (exact) mass is 768 g/mol. The van der Waals surface area contributed by atoms with Crippen LogP contribution >= 0.6 is 0 Å². The lowest BCUT2D eigenvalue weighted by molar-refractivity contribution is -0.151. The molecule has 0 heterocycles. The largest absolute Gasteiger partial charge is 0.462 e. The van der Waals surface area contributed by atoms with E-state index in [2.05, 4.69) is 41.5 Å². The van der Waals surface area contributed by atoms with E-state index in [4.69, 9.17) is 19.9 Å². The minimum Gasteiger partial charge on any atom is -0.462 e. The zero-order chi connectivity index (χ0) is 40.3. The highest BCUT2D eigenvalue weighted by molar-refractivity contribution is 5.70. The Balaban J connectivity index is 0. The number of carbonyl (C=O) groups is 3. The number of hydrogen-bond acceptors (Lipinski definition) is 7. The van der Waals surface area contributed by atoms with Crippen molar-refractivity contribution >= 4 is 17.9 Å². The van der Waals surface area contributed by atoms with Gasteiger partial charge in [-0.3, -0.25) is 14.4 Å². The second kappa shape index (κ2) is 44.1. The highest BCUT2D eigenvalue weighted by atomic mass is 16.6. The maximum Gasteiger partial charge on any atom is 0.306 e. The molecule has 7 heteroatoms. The van der Waals surface area contributed by atoms with Gasteiger partial charge in [0.2, 0.25) is 0 Å². The molecule has 0 aliphatic heterocycles. The Labute approximate surface area is 336 Å². The molecule has 0 rings (SSSR count). The Morgan fingerprint density at radius 2 is 0.611 bits per heavy atom. The zero-order valence-electron chi connectivity index (χ0n) is 37.0. The summed E-state index contributed by atoms with van der Waals surface area (Å²) in [5, 5.41) is 0. The standard InChI is InChI=1S/C34H66O4.C13H27NO2/c1-5-9-13-21-27-32(28-22-14-10-6-2)38-34(36)30-24-18-16-15-17-23-29-33(35)37-31(25-19-11-7-3)26-20-12-8-4;1-3-5-6-7-9-12(4-2)16-13(15)10-8-11-14/h31-32H,5-30H2,1-4H3;12H,3-11,14H2,1-2H3. The van der Waals surface area contributed by atoms with E-state index in [1.54, 1.807) is 0 Å². The van der Waals surface area contributed by atoms with Crippen LogP contribution in [0.1, 0.15) is 260 Å². The minimum absolute atomic E-state index is 0.00356. The Morgan fingerprint density at radius 3 is 0.944 bits per heavy atom. The zero-order valence-corrected chi connectivity index (χ0v) is 37.0. The summed E-state index contributed by atoms with van der Waals surface area (Å²) in [6, 6.07) is 0. The second-order valence-corrected chi connectivity index (χ2v) is 15.8. The first kappa shape index (κ1) is 54.5. The van der Waals surface area contributed by atoms with E-state index < -0.39 is 0 Å². The number of rotatable bonds is 39. The molecule has 0 aliphatic carbocycles. The topological polar surface area (TPSA) is 105 Å². The van der Waals surface area contributed by atoms with Crippen LogP contribution in [0, 0.1) is 0 Å². The fourth-order valence-corrected chi connectivity index (χ4v) is 6.74. The van der Waals surface area contributed by atoms with Crippen molar-refractivity contribution in [3.05, 3.63) is 0 Å². The van der Waals surface area contributed by atoms with Crippen LogP contribution in [0.5, 0.6) is 0 Å². The number of esters is 3. The van der Waals surface area contributed by atoms with Gasteiger partial charge >= 0.3 is 17.9 Å². The molecule has 1 atom stereocenters. The average molecular weight is 768 g/mol. The van der Waals surface area contributed by atoms with Crippen molar-refractivity contribution in [1.29, 1.82) is 0 Å². The van der Waals surface area contributed by atoms with Crippen molar-refractivity contribution < 1.29 is 28.6 Å². The number of nitrogens with two attached hydrogens (primary N) is 1. The molecule has 7 nitrogen and oxygen atoms in total. The van der Waals surface area contributed by atoms with Gasteiger partial charge < -0.3 is 19.9 Å². The number of unbranched alkanes of at least 4 members (excludes halogenated alkanes) is 18. The van der Waals surface area contributed by atoms with E-state index in [0.29, 0.717) is 25.8 Å². The second-order valence-electron chi connectivity index (χ2n) is 15.8. The molecule has 2 N–H and O–H groups in total. The van der Waals surface area contributed by atoms with Crippen LogP contribution in [0.15, 0.2) is 0 Å². The van der Waals surface area contributed by atoms with E-state index in [-0.39, 0.29) is 36.2 Å². The molecule has 0 saturated heterocycles. The average Bonchev–Trinajstić information content (AvgIpc) is 3.16. The van der Waals surface area contributed by atoms with Crippen LogP contribution in [0.2, 0.25) is 0 Å². The van der Waals surface area contributed by atoms with Gasteiger partial charge in [-0.15, -0.1) is 0 Å².